The average Bonchev–Trinajstić information content (AvgIpc) is 3.16. The summed E-state index contributed by atoms with van der Waals surface area (Å²) in [4.78, 5) is 1.33. The summed E-state index contributed by atoms with van der Waals surface area (Å²) in [5.74, 6) is 3.66. The molecular weight excluding hydrogens is 348 g/mol. The lowest BCUT2D eigenvalue weighted by atomic mass is 9.94. The summed E-state index contributed by atoms with van der Waals surface area (Å²) >= 11 is 0. The lowest BCUT2D eigenvalue weighted by Gasteiger charge is -2.34. The Morgan fingerprint density at radius 2 is 1.93 bits per heavy atom. The number of rotatable bonds is 5. The van der Waals surface area contributed by atoms with E-state index in [4.69, 9.17) is 23.7 Å². The normalized spacial score (nSPS) is 20.0. The van der Waals surface area contributed by atoms with Gasteiger partial charge in [-0.2, -0.15) is 0 Å². The third kappa shape index (κ3) is 2.98. The van der Waals surface area contributed by atoms with Crippen molar-refractivity contribution < 1.29 is 28.6 Å². The van der Waals surface area contributed by atoms with Gasteiger partial charge >= 0.3 is 0 Å². The van der Waals surface area contributed by atoms with Gasteiger partial charge in [0, 0.05) is 12.5 Å². The van der Waals surface area contributed by atoms with Gasteiger partial charge < -0.3 is 33.9 Å². The van der Waals surface area contributed by atoms with Gasteiger partial charge in [-0.3, -0.25) is 0 Å². The summed E-state index contributed by atoms with van der Waals surface area (Å²) in [5, 5.41) is 3.63. The van der Waals surface area contributed by atoms with Crippen LogP contribution in [0.4, 0.5) is 5.69 Å². The van der Waals surface area contributed by atoms with Gasteiger partial charge in [-0.05, 0) is 23.8 Å². The zero-order chi connectivity index (χ0) is 19.0. The van der Waals surface area contributed by atoms with Gasteiger partial charge in [0.25, 0.3) is 0 Å². The van der Waals surface area contributed by atoms with Gasteiger partial charge in [-0.1, -0.05) is 0 Å². The maximum absolute atomic E-state index is 5.76. The van der Waals surface area contributed by atoms with Crippen LogP contribution < -0.4 is 33.9 Å². The summed E-state index contributed by atoms with van der Waals surface area (Å²) in [6.45, 7) is 1.22. The number of anilines is 1. The standard InChI is InChI=1S/C20H24N2O5/c1-22-8-7-12-9-16-18(27-11-26-16)19(25-4)17(12)20(22)21-14-6-5-13(23-2)10-15(14)24-3/h5-6,9-10,20-21H,7-8,11H2,1-4H3/p+1/t20-/m1/s1. The number of nitrogens with one attached hydrogen (secondary N) is 2. The van der Waals surface area contributed by atoms with Gasteiger partial charge in [0.15, 0.2) is 17.7 Å². The Morgan fingerprint density at radius 3 is 2.67 bits per heavy atom. The summed E-state index contributed by atoms with van der Waals surface area (Å²) in [6, 6.07) is 7.84. The molecule has 2 N–H and O–H groups in total. The fraction of sp³-hybridized carbons (Fsp3) is 0.400. The second-order valence-corrected chi connectivity index (χ2v) is 6.71. The van der Waals surface area contributed by atoms with Crippen LogP contribution in [0.15, 0.2) is 24.3 Å². The van der Waals surface area contributed by atoms with E-state index in [0.29, 0.717) is 5.75 Å². The van der Waals surface area contributed by atoms with Gasteiger partial charge in [-0.15, -0.1) is 0 Å². The smallest absolute Gasteiger partial charge is 0.231 e. The predicted molar refractivity (Wildman–Crippen MR) is 100 cm³/mol. The lowest BCUT2D eigenvalue weighted by molar-refractivity contribution is -0.910. The van der Waals surface area contributed by atoms with Crippen LogP contribution in [0.3, 0.4) is 0 Å². The van der Waals surface area contributed by atoms with E-state index in [2.05, 4.69) is 18.4 Å². The number of hydrogen-bond donors (Lipinski definition) is 2. The SMILES string of the molecule is COc1ccc(N[C@H]2c3c(cc4c(c3OC)OCO4)CC[NH+]2C)c(OC)c1. The van der Waals surface area contributed by atoms with Gasteiger partial charge in [0.05, 0.1) is 46.2 Å². The Labute approximate surface area is 158 Å². The Balaban J connectivity index is 1.77. The number of ether oxygens (including phenoxy) is 5. The lowest BCUT2D eigenvalue weighted by Crippen LogP contribution is -3.11. The van der Waals surface area contributed by atoms with Crippen molar-refractivity contribution in [1.29, 1.82) is 0 Å². The molecule has 0 saturated heterocycles. The molecule has 27 heavy (non-hydrogen) atoms. The van der Waals surface area contributed by atoms with E-state index < -0.39 is 0 Å². The van der Waals surface area contributed by atoms with E-state index in [1.54, 1.807) is 21.3 Å². The minimum Gasteiger partial charge on any atom is -0.497 e. The second kappa shape index (κ2) is 7.08. The van der Waals surface area contributed by atoms with Crippen LogP contribution in [0.1, 0.15) is 17.3 Å². The van der Waals surface area contributed by atoms with Crippen molar-refractivity contribution in [2.24, 2.45) is 0 Å². The van der Waals surface area contributed by atoms with Crippen molar-refractivity contribution in [2.45, 2.75) is 12.6 Å². The van der Waals surface area contributed by atoms with E-state index in [0.717, 1.165) is 47.2 Å². The first-order valence-electron chi connectivity index (χ1n) is 8.96. The molecule has 7 heteroatoms. The highest BCUT2D eigenvalue weighted by molar-refractivity contribution is 5.64. The molecule has 0 aromatic heterocycles. The van der Waals surface area contributed by atoms with Crippen LogP contribution in [0.2, 0.25) is 0 Å². The molecule has 2 atom stereocenters. The molecule has 2 heterocycles. The summed E-state index contributed by atoms with van der Waals surface area (Å²) in [6.07, 6.45) is 0.937. The predicted octanol–water partition coefficient (Wildman–Crippen LogP) is 1.62. The van der Waals surface area contributed by atoms with Crippen LogP contribution in [-0.2, 0) is 6.42 Å². The van der Waals surface area contributed by atoms with Gasteiger partial charge in [0.2, 0.25) is 12.5 Å². The molecule has 4 rings (SSSR count). The fourth-order valence-corrected chi connectivity index (χ4v) is 3.79. The highest BCUT2D eigenvalue weighted by atomic mass is 16.7. The van der Waals surface area contributed by atoms with E-state index in [1.807, 2.05) is 18.2 Å². The average molecular weight is 373 g/mol. The first-order chi connectivity index (χ1) is 13.2. The first-order valence-corrected chi connectivity index (χ1v) is 8.96. The zero-order valence-corrected chi connectivity index (χ0v) is 16.0. The summed E-state index contributed by atoms with van der Waals surface area (Å²) in [7, 11) is 7.14. The molecule has 7 nitrogen and oxygen atoms in total. The zero-order valence-electron chi connectivity index (χ0n) is 16.0. The molecule has 2 aliphatic heterocycles. The Kier molecular flexibility index (Phi) is 4.61. The third-order valence-electron chi connectivity index (χ3n) is 5.23. The quantitative estimate of drug-likeness (QED) is 0.831. The van der Waals surface area contributed by atoms with Gasteiger partial charge in [-0.25, -0.2) is 0 Å². The van der Waals surface area contributed by atoms with Crippen molar-refractivity contribution in [3.63, 3.8) is 0 Å². The highest BCUT2D eigenvalue weighted by Gasteiger charge is 2.36. The molecule has 2 aromatic carbocycles. The molecule has 0 spiro atoms. The minimum absolute atomic E-state index is 0.0134. The second-order valence-electron chi connectivity index (χ2n) is 6.71. The third-order valence-corrected chi connectivity index (χ3v) is 5.23. The molecular formula is C20H25N2O5+. The minimum atomic E-state index is -0.0134. The number of quaternary nitrogens is 1. The molecule has 0 fully saturated rings. The topological polar surface area (TPSA) is 62.6 Å². The number of hydrogen-bond acceptors (Lipinski definition) is 6. The monoisotopic (exact) mass is 373 g/mol. The number of fused-ring (bicyclic) bond motifs is 2. The van der Waals surface area contributed by atoms with Crippen molar-refractivity contribution >= 4 is 5.69 Å². The van der Waals surface area contributed by atoms with Crippen molar-refractivity contribution in [2.75, 3.05) is 47.0 Å². The molecule has 0 saturated carbocycles. The molecule has 0 amide bonds. The first kappa shape index (κ1) is 17.6. The van der Waals surface area contributed by atoms with E-state index in [-0.39, 0.29) is 13.0 Å². The maximum atomic E-state index is 5.76. The highest BCUT2D eigenvalue weighted by Crippen LogP contribution is 2.47. The molecule has 144 valence electrons. The number of benzene rings is 2. The van der Waals surface area contributed by atoms with Crippen molar-refractivity contribution in [1.82, 2.24) is 0 Å². The van der Waals surface area contributed by atoms with E-state index in [9.17, 15) is 0 Å². The molecule has 0 radical (unpaired) electrons. The number of likely N-dealkylation sites (N-methyl/N-ethyl adjacent to an activating group) is 1. The molecule has 2 aliphatic rings. The van der Waals surface area contributed by atoms with E-state index in [1.165, 1.54) is 10.5 Å². The summed E-state index contributed by atoms with van der Waals surface area (Å²) in [5.41, 5.74) is 3.21. The number of methoxy groups -OCH3 is 3. The Bertz CT molecular complexity index is 855. The Morgan fingerprint density at radius 1 is 1.07 bits per heavy atom. The van der Waals surface area contributed by atoms with Crippen molar-refractivity contribution in [3.05, 3.63) is 35.4 Å². The van der Waals surface area contributed by atoms with Crippen LogP contribution in [0.25, 0.3) is 0 Å². The molecule has 2 aromatic rings. The summed E-state index contributed by atoms with van der Waals surface area (Å²) < 4.78 is 27.9. The molecule has 0 aliphatic carbocycles. The van der Waals surface area contributed by atoms with Gasteiger partial charge in [0.1, 0.15) is 11.5 Å². The fourth-order valence-electron chi connectivity index (χ4n) is 3.79. The largest absolute Gasteiger partial charge is 0.497 e. The van der Waals surface area contributed by atoms with Crippen LogP contribution in [0, 0.1) is 0 Å². The van der Waals surface area contributed by atoms with Crippen LogP contribution in [-0.4, -0.2) is 41.7 Å². The van der Waals surface area contributed by atoms with Crippen LogP contribution >= 0.6 is 0 Å². The molecule has 1 unspecified atom stereocenters. The van der Waals surface area contributed by atoms with E-state index >= 15 is 0 Å². The Hall–Kier alpha value is -2.80. The maximum Gasteiger partial charge on any atom is 0.231 e. The molecule has 0 bridgehead atoms. The van der Waals surface area contributed by atoms with Crippen molar-refractivity contribution in [3.8, 4) is 28.7 Å². The van der Waals surface area contributed by atoms with Crippen LogP contribution in [0.5, 0.6) is 28.7 Å².